The van der Waals surface area contributed by atoms with Crippen LogP contribution in [-0.2, 0) is 9.53 Å². The highest BCUT2D eigenvalue weighted by molar-refractivity contribution is 5.92. The number of anilines is 1. The van der Waals surface area contributed by atoms with Gasteiger partial charge in [0.2, 0.25) is 0 Å². The van der Waals surface area contributed by atoms with Crippen LogP contribution >= 0.6 is 0 Å². The highest BCUT2D eigenvalue weighted by Gasteiger charge is 2.23. The van der Waals surface area contributed by atoms with Crippen LogP contribution in [0.2, 0.25) is 0 Å². The zero-order chi connectivity index (χ0) is 19.9. The van der Waals surface area contributed by atoms with Crippen LogP contribution in [0.1, 0.15) is 20.7 Å². The van der Waals surface area contributed by atoms with Crippen LogP contribution in [0.3, 0.4) is 0 Å². The molecule has 1 amide bonds. The Morgan fingerprint density at radius 3 is 2.32 bits per heavy atom. The molecule has 146 valence electrons. The van der Waals surface area contributed by atoms with E-state index in [4.69, 9.17) is 9.47 Å². The molecule has 0 unspecified atom stereocenters. The molecule has 1 saturated heterocycles. The molecule has 28 heavy (non-hydrogen) atoms. The number of amides is 1. The number of nitrogens with zero attached hydrogens (tertiary/aromatic N) is 2. The summed E-state index contributed by atoms with van der Waals surface area (Å²) in [5.41, 5.74) is 1.78. The second kappa shape index (κ2) is 9.03. The van der Waals surface area contributed by atoms with Gasteiger partial charge in [-0.05, 0) is 24.3 Å². The Bertz CT molecular complexity index is 842. The number of para-hydroxylation sites is 2. The first-order valence-electron chi connectivity index (χ1n) is 9.00. The number of piperazine rings is 1. The maximum Gasteiger partial charge on any atom is 0.338 e. The van der Waals surface area contributed by atoms with Gasteiger partial charge in [0.25, 0.3) is 5.91 Å². The molecular weight excluding hydrogens is 360 g/mol. The Labute approximate surface area is 163 Å². The van der Waals surface area contributed by atoms with Crippen LogP contribution in [0.15, 0.2) is 48.5 Å². The monoisotopic (exact) mass is 382 g/mol. The summed E-state index contributed by atoms with van der Waals surface area (Å²) in [6.45, 7) is 2.13. The van der Waals surface area contributed by atoms with Gasteiger partial charge in [0.15, 0.2) is 6.61 Å². The van der Waals surface area contributed by atoms with Gasteiger partial charge >= 0.3 is 5.97 Å². The summed E-state index contributed by atoms with van der Waals surface area (Å²) in [7, 11) is 1.64. The van der Waals surface area contributed by atoms with Gasteiger partial charge in [-0.15, -0.1) is 0 Å². The van der Waals surface area contributed by atoms with E-state index in [9.17, 15) is 14.4 Å². The van der Waals surface area contributed by atoms with Crippen molar-refractivity contribution in [3.63, 3.8) is 0 Å². The molecule has 0 saturated carbocycles. The van der Waals surface area contributed by atoms with E-state index in [-0.39, 0.29) is 12.5 Å². The molecular formula is C21H22N2O5. The van der Waals surface area contributed by atoms with E-state index < -0.39 is 5.97 Å². The first kappa shape index (κ1) is 19.4. The van der Waals surface area contributed by atoms with Crippen LogP contribution in [0.25, 0.3) is 0 Å². The van der Waals surface area contributed by atoms with Gasteiger partial charge < -0.3 is 19.3 Å². The van der Waals surface area contributed by atoms with Crippen LogP contribution < -0.4 is 9.64 Å². The molecule has 0 N–H and O–H groups in total. The second-order valence-corrected chi connectivity index (χ2v) is 6.36. The maximum atomic E-state index is 12.4. The Kier molecular flexibility index (Phi) is 6.26. The SMILES string of the molecule is COc1ccccc1N1CCN(C(=O)COC(=O)c2ccc(C=O)cc2)CC1. The number of hydrogen-bond donors (Lipinski definition) is 0. The van der Waals surface area contributed by atoms with E-state index >= 15 is 0 Å². The number of carbonyl (C=O) groups is 3. The minimum Gasteiger partial charge on any atom is -0.495 e. The second-order valence-electron chi connectivity index (χ2n) is 6.36. The minimum atomic E-state index is -0.585. The fourth-order valence-electron chi connectivity index (χ4n) is 3.09. The lowest BCUT2D eigenvalue weighted by Gasteiger charge is -2.36. The summed E-state index contributed by atoms with van der Waals surface area (Å²) >= 11 is 0. The molecule has 1 aliphatic heterocycles. The van der Waals surface area contributed by atoms with Gasteiger partial charge in [0.1, 0.15) is 12.0 Å². The van der Waals surface area contributed by atoms with Crippen molar-refractivity contribution in [2.45, 2.75) is 0 Å². The molecule has 1 fully saturated rings. The van der Waals surface area contributed by atoms with Crippen LogP contribution in [0.4, 0.5) is 5.69 Å². The number of hydrogen-bond acceptors (Lipinski definition) is 6. The topological polar surface area (TPSA) is 76.2 Å². The van der Waals surface area contributed by atoms with E-state index in [1.54, 1.807) is 12.0 Å². The summed E-state index contributed by atoms with van der Waals surface area (Å²) in [6.07, 6.45) is 0.698. The van der Waals surface area contributed by atoms with Gasteiger partial charge in [-0.1, -0.05) is 24.3 Å². The van der Waals surface area contributed by atoms with Crippen molar-refractivity contribution < 1.29 is 23.9 Å². The zero-order valence-electron chi connectivity index (χ0n) is 15.7. The van der Waals surface area contributed by atoms with Crippen LogP contribution in [0.5, 0.6) is 5.75 Å². The fraction of sp³-hybridized carbons (Fsp3) is 0.286. The molecule has 7 heteroatoms. The third kappa shape index (κ3) is 4.49. The minimum absolute atomic E-state index is 0.225. The van der Waals surface area contributed by atoms with Gasteiger partial charge in [-0.25, -0.2) is 4.79 Å². The van der Waals surface area contributed by atoms with Gasteiger partial charge in [0.05, 0.1) is 18.4 Å². The number of esters is 1. The van der Waals surface area contributed by atoms with Crippen molar-refractivity contribution in [2.24, 2.45) is 0 Å². The summed E-state index contributed by atoms with van der Waals surface area (Å²) in [5, 5.41) is 0. The van der Waals surface area contributed by atoms with Crippen molar-refractivity contribution in [1.82, 2.24) is 4.90 Å². The fourth-order valence-corrected chi connectivity index (χ4v) is 3.09. The van der Waals surface area contributed by atoms with Gasteiger partial charge in [0, 0.05) is 31.7 Å². The number of aldehydes is 1. The predicted molar refractivity (Wildman–Crippen MR) is 104 cm³/mol. The smallest absolute Gasteiger partial charge is 0.338 e. The Morgan fingerprint density at radius 1 is 1.00 bits per heavy atom. The first-order chi connectivity index (χ1) is 13.6. The van der Waals surface area contributed by atoms with Crippen LogP contribution in [0, 0.1) is 0 Å². The lowest BCUT2D eigenvalue weighted by molar-refractivity contribution is -0.134. The van der Waals surface area contributed by atoms with E-state index in [0.717, 1.165) is 11.4 Å². The standard InChI is InChI=1S/C21H22N2O5/c1-27-19-5-3-2-4-18(19)22-10-12-23(13-11-22)20(25)15-28-21(26)17-8-6-16(14-24)7-9-17/h2-9,14H,10-13,15H2,1H3. The molecule has 1 heterocycles. The van der Waals surface area contributed by atoms with Crippen LogP contribution in [-0.4, -0.2) is 63.0 Å². The third-order valence-electron chi connectivity index (χ3n) is 4.67. The molecule has 0 spiro atoms. The molecule has 0 aliphatic carbocycles. The van der Waals surface area contributed by atoms with E-state index in [1.165, 1.54) is 24.3 Å². The maximum absolute atomic E-state index is 12.4. The largest absolute Gasteiger partial charge is 0.495 e. The summed E-state index contributed by atoms with van der Waals surface area (Å²) in [4.78, 5) is 38.9. The number of ether oxygens (including phenoxy) is 2. The molecule has 0 bridgehead atoms. The molecule has 2 aromatic rings. The van der Waals surface area contributed by atoms with E-state index in [2.05, 4.69) is 4.90 Å². The number of methoxy groups -OCH3 is 1. The number of rotatable bonds is 6. The molecule has 2 aromatic carbocycles. The molecule has 3 rings (SSSR count). The lowest BCUT2D eigenvalue weighted by Crippen LogP contribution is -2.50. The van der Waals surface area contributed by atoms with Gasteiger partial charge in [-0.3, -0.25) is 9.59 Å². The normalized spacial score (nSPS) is 13.8. The van der Waals surface area contributed by atoms with E-state index in [0.29, 0.717) is 43.6 Å². The number of carbonyl (C=O) groups excluding carboxylic acids is 3. The summed E-state index contributed by atoms with van der Waals surface area (Å²) < 4.78 is 10.5. The number of benzene rings is 2. The summed E-state index contributed by atoms with van der Waals surface area (Å²) in [6, 6.07) is 13.8. The van der Waals surface area contributed by atoms with Crippen molar-refractivity contribution in [3.8, 4) is 5.75 Å². The Morgan fingerprint density at radius 2 is 1.68 bits per heavy atom. The van der Waals surface area contributed by atoms with Gasteiger partial charge in [-0.2, -0.15) is 0 Å². The van der Waals surface area contributed by atoms with Crippen molar-refractivity contribution >= 4 is 23.9 Å². The Balaban J connectivity index is 1.49. The lowest BCUT2D eigenvalue weighted by atomic mass is 10.1. The average Bonchev–Trinajstić information content (AvgIpc) is 2.77. The average molecular weight is 382 g/mol. The zero-order valence-corrected chi connectivity index (χ0v) is 15.7. The van der Waals surface area contributed by atoms with Crippen molar-refractivity contribution in [2.75, 3.05) is 44.8 Å². The van der Waals surface area contributed by atoms with E-state index in [1.807, 2.05) is 24.3 Å². The predicted octanol–water partition coefficient (Wildman–Crippen LogP) is 2.01. The molecule has 0 atom stereocenters. The quantitative estimate of drug-likeness (QED) is 0.562. The van der Waals surface area contributed by atoms with Crippen molar-refractivity contribution in [1.29, 1.82) is 0 Å². The molecule has 7 nitrogen and oxygen atoms in total. The van der Waals surface area contributed by atoms with Crippen molar-refractivity contribution in [3.05, 3.63) is 59.7 Å². The molecule has 0 radical (unpaired) electrons. The molecule has 1 aliphatic rings. The highest BCUT2D eigenvalue weighted by atomic mass is 16.5. The first-order valence-corrected chi connectivity index (χ1v) is 9.00. The third-order valence-corrected chi connectivity index (χ3v) is 4.67. The summed E-state index contributed by atoms with van der Waals surface area (Å²) in [5.74, 6) is -0.00667. The highest BCUT2D eigenvalue weighted by Crippen LogP contribution is 2.28. The molecule has 0 aromatic heterocycles. The Hall–Kier alpha value is -3.35.